The molecule has 174 valence electrons. The Morgan fingerprint density at radius 2 is 1.88 bits per heavy atom. The van der Waals surface area contributed by atoms with Crippen molar-refractivity contribution in [2.45, 2.75) is 27.3 Å². The van der Waals surface area contributed by atoms with E-state index < -0.39 is 0 Å². The van der Waals surface area contributed by atoms with Gasteiger partial charge in [0.25, 0.3) is 0 Å². The standard InChI is InChI=1S/C24H36N6O2/c1-5-25-24(28-20-8-9-21(31-4)22(17-20)32-7-3)27-18-19-10-11-26-23(16-19)30-14-12-29(6-2)13-15-30/h8-11,16-17H,5-7,12-15,18H2,1-4H3,(H2,25,27,28). The number of hydrogen-bond donors (Lipinski definition) is 2. The molecule has 0 aliphatic carbocycles. The quantitative estimate of drug-likeness (QED) is 0.458. The van der Waals surface area contributed by atoms with E-state index in [1.807, 2.05) is 37.4 Å². The molecule has 1 aromatic heterocycles. The number of rotatable bonds is 9. The highest BCUT2D eigenvalue weighted by molar-refractivity contribution is 5.93. The molecule has 32 heavy (non-hydrogen) atoms. The molecule has 0 bridgehead atoms. The van der Waals surface area contributed by atoms with Crippen LogP contribution in [-0.4, -0.2) is 68.8 Å². The molecule has 0 spiro atoms. The van der Waals surface area contributed by atoms with E-state index in [1.54, 1.807) is 7.11 Å². The van der Waals surface area contributed by atoms with Crippen molar-refractivity contribution >= 4 is 17.5 Å². The summed E-state index contributed by atoms with van der Waals surface area (Å²) < 4.78 is 11.1. The van der Waals surface area contributed by atoms with E-state index in [4.69, 9.17) is 14.5 Å². The van der Waals surface area contributed by atoms with E-state index in [2.05, 4.69) is 45.3 Å². The van der Waals surface area contributed by atoms with Gasteiger partial charge in [0.2, 0.25) is 0 Å². The Balaban J connectivity index is 1.68. The number of guanidine groups is 1. The van der Waals surface area contributed by atoms with E-state index in [9.17, 15) is 0 Å². The Labute approximate surface area is 191 Å². The number of nitrogens with zero attached hydrogens (tertiary/aromatic N) is 4. The number of aliphatic imine (C=N–C) groups is 1. The molecule has 0 radical (unpaired) electrons. The predicted octanol–water partition coefficient (Wildman–Crippen LogP) is 3.21. The second-order valence-corrected chi connectivity index (χ2v) is 7.56. The smallest absolute Gasteiger partial charge is 0.196 e. The van der Waals surface area contributed by atoms with Gasteiger partial charge in [-0.2, -0.15) is 0 Å². The topological polar surface area (TPSA) is 74.3 Å². The molecule has 3 rings (SSSR count). The second-order valence-electron chi connectivity index (χ2n) is 7.56. The molecule has 1 saturated heterocycles. The average Bonchev–Trinajstić information content (AvgIpc) is 2.83. The van der Waals surface area contributed by atoms with E-state index in [0.29, 0.717) is 24.7 Å². The van der Waals surface area contributed by atoms with Crippen molar-refractivity contribution in [2.24, 2.45) is 4.99 Å². The van der Waals surface area contributed by atoms with Crippen LogP contribution in [0.4, 0.5) is 11.5 Å². The molecule has 1 aliphatic rings. The van der Waals surface area contributed by atoms with E-state index in [1.165, 1.54) is 0 Å². The van der Waals surface area contributed by atoms with Crippen molar-refractivity contribution < 1.29 is 9.47 Å². The summed E-state index contributed by atoms with van der Waals surface area (Å²) in [6.45, 7) is 13.4. The number of piperazine rings is 1. The van der Waals surface area contributed by atoms with E-state index in [-0.39, 0.29) is 0 Å². The van der Waals surface area contributed by atoms with Crippen LogP contribution >= 0.6 is 0 Å². The van der Waals surface area contributed by atoms with Gasteiger partial charge in [0, 0.05) is 50.7 Å². The van der Waals surface area contributed by atoms with Crippen molar-refractivity contribution in [2.75, 3.05) is 63.2 Å². The maximum absolute atomic E-state index is 5.68. The Morgan fingerprint density at radius 3 is 2.56 bits per heavy atom. The first-order valence-electron chi connectivity index (χ1n) is 11.4. The first-order valence-corrected chi connectivity index (χ1v) is 11.4. The SMILES string of the molecule is CCNC(=NCc1ccnc(N2CCN(CC)CC2)c1)Nc1ccc(OC)c(OCC)c1. The molecule has 1 aliphatic heterocycles. The number of ether oxygens (including phenoxy) is 2. The highest BCUT2D eigenvalue weighted by Crippen LogP contribution is 2.30. The van der Waals surface area contributed by atoms with Gasteiger partial charge in [-0.15, -0.1) is 0 Å². The zero-order valence-electron chi connectivity index (χ0n) is 19.7. The third kappa shape index (κ3) is 6.50. The summed E-state index contributed by atoms with van der Waals surface area (Å²) in [6.07, 6.45) is 1.88. The van der Waals surface area contributed by atoms with Crippen LogP contribution in [-0.2, 0) is 6.54 Å². The van der Waals surface area contributed by atoms with Gasteiger partial charge in [0.15, 0.2) is 17.5 Å². The fourth-order valence-electron chi connectivity index (χ4n) is 3.66. The minimum Gasteiger partial charge on any atom is -0.493 e. The fraction of sp³-hybridized carbons (Fsp3) is 0.500. The number of pyridine rings is 1. The molecule has 1 aromatic carbocycles. The Bertz CT molecular complexity index is 881. The Hall–Kier alpha value is -3.00. The molecule has 2 aromatic rings. The van der Waals surface area contributed by atoms with Crippen molar-refractivity contribution in [1.29, 1.82) is 0 Å². The van der Waals surface area contributed by atoms with Crippen molar-refractivity contribution in [3.8, 4) is 11.5 Å². The summed E-state index contributed by atoms with van der Waals surface area (Å²) in [5.41, 5.74) is 2.02. The van der Waals surface area contributed by atoms with Crippen LogP contribution in [0.3, 0.4) is 0 Å². The van der Waals surface area contributed by atoms with Gasteiger partial charge < -0.3 is 29.9 Å². The summed E-state index contributed by atoms with van der Waals surface area (Å²) in [7, 11) is 1.64. The first-order chi connectivity index (χ1) is 15.7. The van der Waals surface area contributed by atoms with E-state index >= 15 is 0 Å². The average molecular weight is 441 g/mol. The number of anilines is 2. The molecule has 0 amide bonds. The van der Waals surface area contributed by atoms with Gasteiger partial charge in [-0.3, -0.25) is 0 Å². The molecular formula is C24H36N6O2. The largest absolute Gasteiger partial charge is 0.493 e. The number of likely N-dealkylation sites (N-methyl/N-ethyl adjacent to an activating group) is 1. The molecule has 8 nitrogen and oxygen atoms in total. The maximum atomic E-state index is 5.68. The second kappa shape index (κ2) is 12.1. The summed E-state index contributed by atoms with van der Waals surface area (Å²) >= 11 is 0. The van der Waals surface area contributed by atoms with Crippen LogP contribution in [0.15, 0.2) is 41.5 Å². The predicted molar refractivity (Wildman–Crippen MR) is 131 cm³/mol. The third-order valence-corrected chi connectivity index (χ3v) is 5.44. The van der Waals surface area contributed by atoms with Crippen molar-refractivity contribution in [3.63, 3.8) is 0 Å². The third-order valence-electron chi connectivity index (χ3n) is 5.44. The maximum Gasteiger partial charge on any atom is 0.196 e. The number of nitrogens with one attached hydrogen (secondary N) is 2. The van der Waals surface area contributed by atoms with Crippen LogP contribution in [0.2, 0.25) is 0 Å². The van der Waals surface area contributed by atoms with Crippen molar-refractivity contribution in [1.82, 2.24) is 15.2 Å². The minimum absolute atomic E-state index is 0.564. The van der Waals surface area contributed by atoms with Crippen LogP contribution < -0.4 is 25.0 Å². The molecule has 0 atom stereocenters. The van der Waals surface area contributed by atoms with Crippen LogP contribution in [0, 0.1) is 0 Å². The molecule has 8 heteroatoms. The number of methoxy groups -OCH3 is 1. The summed E-state index contributed by atoms with van der Waals surface area (Å²) in [5, 5.41) is 6.67. The van der Waals surface area contributed by atoms with Gasteiger partial charge in [0.1, 0.15) is 5.82 Å². The summed E-state index contributed by atoms with van der Waals surface area (Å²) in [5.74, 6) is 3.17. The van der Waals surface area contributed by atoms with Gasteiger partial charge in [0.05, 0.1) is 20.3 Å². The van der Waals surface area contributed by atoms with Crippen LogP contribution in [0.1, 0.15) is 26.3 Å². The van der Waals surface area contributed by atoms with Gasteiger partial charge >= 0.3 is 0 Å². The highest BCUT2D eigenvalue weighted by Gasteiger charge is 2.16. The lowest BCUT2D eigenvalue weighted by Gasteiger charge is -2.34. The van der Waals surface area contributed by atoms with Crippen LogP contribution in [0.25, 0.3) is 0 Å². The van der Waals surface area contributed by atoms with E-state index in [0.717, 1.165) is 62.3 Å². The van der Waals surface area contributed by atoms with Crippen LogP contribution in [0.5, 0.6) is 11.5 Å². The molecule has 2 N–H and O–H groups in total. The van der Waals surface area contributed by atoms with Gasteiger partial charge in [-0.25, -0.2) is 9.98 Å². The summed E-state index contributed by atoms with van der Waals surface area (Å²) in [4.78, 5) is 14.2. The molecule has 1 fully saturated rings. The number of aromatic nitrogens is 1. The lowest BCUT2D eigenvalue weighted by molar-refractivity contribution is 0.270. The molecule has 0 unspecified atom stereocenters. The lowest BCUT2D eigenvalue weighted by atomic mass is 10.2. The molecule has 2 heterocycles. The Morgan fingerprint density at radius 1 is 1.06 bits per heavy atom. The lowest BCUT2D eigenvalue weighted by Crippen LogP contribution is -2.46. The minimum atomic E-state index is 0.564. The normalized spacial score (nSPS) is 14.9. The molecule has 0 saturated carbocycles. The highest BCUT2D eigenvalue weighted by atomic mass is 16.5. The molecular weight excluding hydrogens is 404 g/mol. The monoisotopic (exact) mass is 440 g/mol. The van der Waals surface area contributed by atoms with Gasteiger partial charge in [-0.05, 0) is 50.2 Å². The fourth-order valence-corrected chi connectivity index (χ4v) is 3.66. The number of benzene rings is 1. The first kappa shape index (κ1) is 23.7. The Kier molecular flexibility index (Phi) is 8.98. The number of hydrogen-bond acceptors (Lipinski definition) is 6. The van der Waals surface area contributed by atoms with Gasteiger partial charge in [-0.1, -0.05) is 6.92 Å². The van der Waals surface area contributed by atoms with Crippen molar-refractivity contribution in [3.05, 3.63) is 42.1 Å². The summed E-state index contributed by atoms with van der Waals surface area (Å²) in [6, 6.07) is 9.95. The zero-order valence-corrected chi connectivity index (χ0v) is 19.7. The zero-order chi connectivity index (χ0) is 22.8.